The van der Waals surface area contributed by atoms with Gasteiger partial charge >= 0.3 is 12.0 Å². The lowest BCUT2D eigenvalue weighted by Gasteiger charge is -2.32. The number of carbonyl (C=O) groups excluding carboxylic acids is 2. The van der Waals surface area contributed by atoms with Crippen molar-refractivity contribution >= 4 is 17.9 Å². The van der Waals surface area contributed by atoms with Crippen LogP contribution in [0.25, 0.3) is 0 Å². The van der Waals surface area contributed by atoms with Crippen LogP contribution in [0.2, 0.25) is 0 Å². The highest BCUT2D eigenvalue weighted by Gasteiger charge is 2.25. The Morgan fingerprint density at radius 1 is 1.10 bits per heavy atom. The van der Waals surface area contributed by atoms with Gasteiger partial charge in [0, 0.05) is 25.2 Å². The Balaban J connectivity index is 4.79. The molecule has 0 spiro atoms. The first kappa shape index (κ1) is 19.2. The zero-order valence-corrected chi connectivity index (χ0v) is 13.5. The predicted octanol–water partition coefficient (Wildman–Crippen LogP) is 1.14. The van der Waals surface area contributed by atoms with Gasteiger partial charge in [0.1, 0.15) is 6.54 Å². The number of hydrogen-bond donors (Lipinski definition) is 2. The van der Waals surface area contributed by atoms with E-state index < -0.39 is 12.0 Å². The second-order valence-electron chi connectivity index (χ2n) is 5.25. The van der Waals surface area contributed by atoms with Crippen molar-refractivity contribution in [3.63, 3.8) is 0 Å². The van der Waals surface area contributed by atoms with E-state index in [0.29, 0.717) is 13.1 Å². The Bertz CT molecular complexity index is 371. The summed E-state index contributed by atoms with van der Waals surface area (Å²) in [6, 6.07) is -0.714. The number of nitrogens with zero attached hydrogens (tertiary/aromatic N) is 2. The number of likely N-dealkylation sites (N-methyl/N-ethyl adjacent to an activating group) is 1. The van der Waals surface area contributed by atoms with Crippen LogP contribution in [0.15, 0.2) is 0 Å². The molecule has 0 saturated carbocycles. The molecule has 0 saturated heterocycles. The summed E-state index contributed by atoms with van der Waals surface area (Å²) in [5.41, 5.74) is 0. The maximum absolute atomic E-state index is 12.4. The monoisotopic (exact) mass is 301 g/mol. The Morgan fingerprint density at radius 2 is 1.67 bits per heavy atom. The molecule has 0 heterocycles. The molecule has 1 unspecified atom stereocenters. The Kier molecular flexibility index (Phi) is 8.42. The van der Waals surface area contributed by atoms with E-state index in [4.69, 9.17) is 5.11 Å². The number of carboxylic acids is 1. The number of urea groups is 1. The van der Waals surface area contributed by atoms with E-state index >= 15 is 0 Å². The van der Waals surface area contributed by atoms with Gasteiger partial charge in [-0.25, -0.2) is 4.79 Å². The second kappa shape index (κ2) is 9.20. The van der Waals surface area contributed by atoms with Crippen molar-refractivity contribution in [2.45, 2.75) is 53.1 Å². The summed E-state index contributed by atoms with van der Waals surface area (Å²) in [5, 5.41) is 11.6. The fourth-order valence-corrected chi connectivity index (χ4v) is 2.04. The summed E-state index contributed by atoms with van der Waals surface area (Å²) < 4.78 is 0. The summed E-state index contributed by atoms with van der Waals surface area (Å²) in [6.45, 7) is 9.73. The SMILES string of the molecule is CCN(CC(=O)NC(C)C)C(=O)N(CC)C(C)CC(=O)O. The lowest BCUT2D eigenvalue weighted by atomic mass is 10.2. The molecule has 0 aromatic carbocycles. The van der Waals surface area contributed by atoms with E-state index in [9.17, 15) is 14.4 Å². The van der Waals surface area contributed by atoms with Crippen LogP contribution in [-0.2, 0) is 9.59 Å². The van der Waals surface area contributed by atoms with E-state index in [1.54, 1.807) is 20.8 Å². The van der Waals surface area contributed by atoms with Crippen molar-refractivity contribution < 1.29 is 19.5 Å². The maximum Gasteiger partial charge on any atom is 0.320 e. The largest absolute Gasteiger partial charge is 0.481 e. The standard InChI is InChI=1S/C14H27N3O4/c1-6-16(9-12(18)15-10(3)4)14(21)17(7-2)11(5)8-13(19)20/h10-11H,6-9H2,1-5H3,(H,15,18)(H,19,20). The van der Waals surface area contributed by atoms with Crippen molar-refractivity contribution in [1.82, 2.24) is 15.1 Å². The first-order valence-electron chi connectivity index (χ1n) is 7.29. The number of carboxylic acid groups (broad SMARTS) is 1. The van der Waals surface area contributed by atoms with Crippen LogP contribution in [0.4, 0.5) is 4.79 Å². The van der Waals surface area contributed by atoms with Crippen molar-refractivity contribution in [3.05, 3.63) is 0 Å². The Labute approximate surface area is 126 Å². The smallest absolute Gasteiger partial charge is 0.320 e. The van der Waals surface area contributed by atoms with Gasteiger partial charge in [-0.05, 0) is 34.6 Å². The highest BCUT2D eigenvalue weighted by atomic mass is 16.4. The van der Waals surface area contributed by atoms with E-state index in [1.807, 2.05) is 13.8 Å². The van der Waals surface area contributed by atoms with Crippen LogP contribution in [0.3, 0.4) is 0 Å². The fourth-order valence-electron chi connectivity index (χ4n) is 2.04. The third kappa shape index (κ3) is 6.97. The van der Waals surface area contributed by atoms with E-state index in [2.05, 4.69) is 5.32 Å². The minimum Gasteiger partial charge on any atom is -0.481 e. The average Bonchev–Trinajstić information content (AvgIpc) is 2.34. The maximum atomic E-state index is 12.4. The molecule has 7 heteroatoms. The topological polar surface area (TPSA) is 90.0 Å². The lowest BCUT2D eigenvalue weighted by molar-refractivity contribution is -0.138. The molecule has 0 radical (unpaired) electrons. The first-order valence-corrected chi connectivity index (χ1v) is 7.29. The average molecular weight is 301 g/mol. The summed E-state index contributed by atoms with van der Waals surface area (Å²) in [7, 11) is 0. The highest BCUT2D eigenvalue weighted by Crippen LogP contribution is 2.08. The van der Waals surface area contributed by atoms with E-state index in [0.717, 1.165) is 0 Å². The molecule has 2 N–H and O–H groups in total. The predicted molar refractivity (Wildman–Crippen MR) is 80.0 cm³/mol. The van der Waals surface area contributed by atoms with Crippen LogP contribution < -0.4 is 5.32 Å². The zero-order valence-electron chi connectivity index (χ0n) is 13.5. The summed E-state index contributed by atoms with van der Waals surface area (Å²) in [5.74, 6) is -1.17. The number of amides is 3. The molecule has 7 nitrogen and oxygen atoms in total. The van der Waals surface area contributed by atoms with Crippen molar-refractivity contribution in [3.8, 4) is 0 Å². The van der Waals surface area contributed by atoms with Gasteiger partial charge in [0.15, 0.2) is 0 Å². The normalized spacial score (nSPS) is 11.9. The molecule has 0 aliphatic carbocycles. The first-order chi connectivity index (χ1) is 9.72. The van der Waals surface area contributed by atoms with Gasteiger partial charge in [-0.2, -0.15) is 0 Å². The summed E-state index contributed by atoms with van der Waals surface area (Å²) in [6.07, 6.45) is -0.116. The Morgan fingerprint density at radius 3 is 2.05 bits per heavy atom. The molecule has 0 aliphatic rings. The van der Waals surface area contributed by atoms with Gasteiger partial charge in [-0.1, -0.05) is 0 Å². The van der Waals surface area contributed by atoms with Crippen LogP contribution in [-0.4, -0.2) is 64.5 Å². The fraction of sp³-hybridized carbons (Fsp3) is 0.786. The number of carbonyl (C=O) groups is 3. The van der Waals surface area contributed by atoms with Crippen LogP contribution >= 0.6 is 0 Å². The van der Waals surface area contributed by atoms with Crippen molar-refractivity contribution in [2.24, 2.45) is 0 Å². The quantitative estimate of drug-likeness (QED) is 0.703. The second-order valence-corrected chi connectivity index (χ2v) is 5.25. The van der Waals surface area contributed by atoms with E-state index in [-0.39, 0.29) is 30.9 Å². The Hall–Kier alpha value is -1.79. The summed E-state index contributed by atoms with van der Waals surface area (Å²) in [4.78, 5) is 37.9. The van der Waals surface area contributed by atoms with Gasteiger partial charge in [0.25, 0.3) is 0 Å². The van der Waals surface area contributed by atoms with Crippen LogP contribution in [0.5, 0.6) is 0 Å². The molecule has 0 aromatic rings. The van der Waals surface area contributed by atoms with Gasteiger partial charge < -0.3 is 20.2 Å². The summed E-state index contributed by atoms with van der Waals surface area (Å²) >= 11 is 0. The number of hydrogen-bond acceptors (Lipinski definition) is 3. The molecular formula is C14H27N3O4. The number of nitrogens with one attached hydrogen (secondary N) is 1. The molecule has 21 heavy (non-hydrogen) atoms. The molecule has 122 valence electrons. The third-order valence-electron chi connectivity index (χ3n) is 3.02. The van der Waals surface area contributed by atoms with Crippen molar-refractivity contribution in [1.29, 1.82) is 0 Å². The molecular weight excluding hydrogens is 274 g/mol. The molecule has 1 atom stereocenters. The highest BCUT2D eigenvalue weighted by molar-refractivity contribution is 5.84. The molecule has 0 aliphatic heterocycles. The van der Waals surface area contributed by atoms with Gasteiger partial charge in [0.2, 0.25) is 5.91 Å². The van der Waals surface area contributed by atoms with Gasteiger partial charge in [0.05, 0.1) is 6.42 Å². The molecule has 0 aromatic heterocycles. The van der Waals surface area contributed by atoms with Gasteiger partial charge in [-0.15, -0.1) is 0 Å². The van der Waals surface area contributed by atoms with Crippen LogP contribution in [0.1, 0.15) is 41.0 Å². The number of aliphatic carboxylic acids is 1. The lowest BCUT2D eigenvalue weighted by Crippen LogP contribution is -2.51. The number of rotatable bonds is 8. The third-order valence-corrected chi connectivity index (χ3v) is 3.02. The molecule has 3 amide bonds. The van der Waals surface area contributed by atoms with Crippen molar-refractivity contribution in [2.75, 3.05) is 19.6 Å². The minimum atomic E-state index is -0.950. The minimum absolute atomic E-state index is 0.0134. The van der Waals surface area contributed by atoms with E-state index in [1.165, 1.54) is 9.80 Å². The molecule has 0 bridgehead atoms. The molecule has 0 rings (SSSR count). The van der Waals surface area contributed by atoms with Crippen LogP contribution in [0, 0.1) is 0 Å². The van der Waals surface area contributed by atoms with Gasteiger partial charge in [-0.3, -0.25) is 9.59 Å². The zero-order chi connectivity index (χ0) is 16.6. The molecule has 0 fully saturated rings.